The Kier molecular flexibility index (Phi) is 5.72. The van der Waals surface area contributed by atoms with Crippen LogP contribution in [0.5, 0.6) is 0 Å². The molecule has 0 spiro atoms. The zero-order valence-corrected chi connectivity index (χ0v) is 12.1. The molecule has 0 atom stereocenters. The van der Waals surface area contributed by atoms with E-state index in [2.05, 4.69) is 0 Å². The van der Waals surface area contributed by atoms with E-state index in [1.807, 2.05) is 23.4 Å². The quantitative estimate of drug-likeness (QED) is 0.800. The van der Waals surface area contributed by atoms with Crippen molar-refractivity contribution in [3.05, 3.63) is 28.0 Å². The fourth-order valence-electron chi connectivity index (χ4n) is 1.46. The van der Waals surface area contributed by atoms with Gasteiger partial charge in [-0.2, -0.15) is 0 Å². The molecule has 0 aliphatic carbocycles. The SMILES string of the molecule is CN(CC(=O)N(C)C)Cc1sccc1C=CC(=O)O. The lowest BCUT2D eigenvalue weighted by molar-refractivity contribution is -0.131. The predicted molar refractivity (Wildman–Crippen MR) is 76.0 cm³/mol. The van der Waals surface area contributed by atoms with Crippen molar-refractivity contribution in [3.63, 3.8) is 0 Å². The predicted octanol–water partition coefficient (Wildman–Crippen LogP) is 1.37. The summed E-state index contributed by atoms with van der Waals surface area (Å²) in [6.45, 7) is 0.962. The van der Waals surface area contributed by atoms with Gasteiger partial charge in [-0.05, 0) is 30.1 Å². The first kappa shape index (κ1) is 15.4. The third-order valence-electron chi connectivity index (χ3n) is 2.50. The molecule has 1 heterocycles. The van der Waals surface area contributed by atoms with Crippen molar-refractivity contribution in [1.82, 2.24) is 9.80 Å². The molecule has 1 aromatic heterocycles. The maximum absolute atomic E-state index is 11.6. The van der Waals surface area contributed by atoms with E-state index in [0.717, 1.165) is 16.5 Å². The molecule has 6 heteroatoms. The van der Waals surface area contributed by atoms with Crippen LogP contribution >= 0.6 is 11.3 Å². The number of hydrogen-bond donors (Lipinski definition) is 1. The Hall–Kier alpha value is -1.66. The third-order valence-corrected chi connectivity index (χ3v) is 3.42. The number of carbonyl (C=O) groups is 2. The van der Waals surface area contributed by atoms with Gasteiger partial charge in [0.25, 0.3) is 0 Å². The highest BCUT2D eigenvalue weighted by atomic mass is 32.1. The number of aliphatic carboxylic acids is 1. The monoisotopic (exact) mass is 282 g/mol. The minimum absolute atomic E-state index is 0.0432. The molecular formula is C13H18N2O3S. The third kappa shape index (κ3) is 5.23. The Labute approximate surface area is 116 Å². The Bertz CT molecular complexity index is 480. The average molecular weight is 282 g/mol. The second-order valence-electron chi connectivity index (χ2n) is 4.43. The van der Waals surface area contributed by atoms with Crippen molar-refractivity contribution in [3.8, 4) is 0 Å². The normalized spacial score (nSPS) is 11.2. The van der Waals surface area contributed by atoms with Crippen LogP contribution < -0.4 is 0 Å². The van der Waals surface area contributed by atoms with Crippen molar-refractivity contribution >= 4 is 29.3 Å². The van der Waals surface area contributed by atoms with Crippen LogP contribution in [0.3, 0.4) is 0 Å². The second-order valence-corrected chi connectivity index (χ2v) is 5.43. The molecule has 0 unspecified atom stereocenters. The van der Waals surface area contributed by atoms with Gasteiger partial charge in [0, 0.05) is 31.6 Å². The van der Waals surface area contributed by atoms with E-state index in [1.54, 1.807) is 36.4 Å². The summed E-state index contributed by atoms with van der Waals surface area (Å²) in [5.41, 5.74) is 0.886. The molecule has 0 aliphatic heterocycles. The molecule has 1 rings (SSSR count). The van der Waals surface area contributed by atoms with Crippen LogP contribution in [0, 0.1) is 0 Å². The fraction of sp³-hybridized carbons (Fsp3) is 0.385. The van der Waals surface area contributed by atoms with Gasteiger partial charge in [-0.1, -0.05) is 0 Å². The number of carboxylic acids is 1. The zero-order valence-electron chi connectivity index (χ0n) is 11.3. The number of carboxylic acid groups (broad SMARTS) is 1. The van der Waals surface area contributed by atoms with Gasteiger partial charge in [0.05, 0.1) is 6.54 Å². The zero-order chi connectivity index (χ0) is 14.4. The Morgan fingerprint density at radius 3 is 2.63 bits per heavy atom. The molecule has 1 amide bonds. The van der Waals surface area contributed by atoms with Crippen molar-refractivity contribution in [2.24, 2.45) is 0 Å². The number of carbonyl (C=O) groups excluding carboxylic acids is 1. The number of amides is 1. The fourth-order valence-corrected chi connectivity index (χ4v) is 2.41. The molecule has 1 aromatic rings. The van der Waals surface area contributed by atoms with Gasteiger partial charge >= 0.3 is 5.97 Å². The van der Waals surface area contributed by atoms with Crippen LogP contribution in [-0.2, 0) is 16.1 Å². The van der Waals surface area contributed by atoms with E-state index >= 15 is 0 Å². The molecular weight excluding hydrogens is 264 g/mol. The van der Waals surface area contributed by atoms with Gasteiger partial charge in [0.1, 0.15) is 0 Å². The van der Waals surface area contributed by atoms with E-state index in [1.165, 1.54) is 0 Å². The Balaban J connectivity index is 2.65. The molecule has 0 aliphatic rings. The van der Waals surface area contributed by atoms with Gasteiger partial charge in [0.2, 0.25) is 5.91 Å². The van der Waals surface area contributed by atoms with Crippen LogP contribution in [0.25, 0.3) is 6.08 Å². The lowest BCUT2D eigenvalue weighted by Gasteiger charge is -2.18. The van der Waals surface area contributed by atoms with Crippen LogP contribution in [0.1, 0.15) is 10.4 Å². The molecule has 104 valence electrons. The lowest BCUT2D eigenvalue weighted by Crippen LogP contribution is -2.33. The molecule has 0 saturated carbocycles. The van der Waals surface area contributed by atoms with Crippen LogP contribution in [0.15, 0.2) is 17.5 Å². The second kappa shape index (κ2) is 7.06. The molecule has 1 N–H and O–H groups in total. The molecule has 0 bridgehead atoms. The van der Waals surface area contributed by atoms with Crippen molar-refractivity contribution in [2.45, 2.75) is 6.54 Å². The van der Waals surface area contributed by atoms with Crippen molar-refractivity contribution in [2.75, 3.05) is 27.7 Å². The molecule has 0 fully saturated rings. The Morgan fingerprint density at radius 1 is 1.37 bits per heavy atom. The van der Waals surface area contributed by atoms with Crippen molar-refractivity contribution < 1.29 is 14.7 Å². The standard InChI is InChI=1S/C13H18N2O3S/c1-14(2)12(16)9-15(3)8-11-10(6-7-19-11)4-5-13(17)18/h4-7H,8-9H2,1-3H3,(H,17,18). The van der Waals surface area contributed by atoms with Gasteiger partial charge in [0.15, 0.2) is 0 Å². The number of rotatable bonds is 6. The highest BCUT2D eigenvalue weighted by Gasteiger charge is 2.11. The summed E-state index contributed by atoms with van der Waals surface area (Å²) in [6.07, 6.45) is 2.70. The van der Waals surface area contributed by atoms with Gasteiger partial charge in [-0.3, -0.25) is 9.69 Å². The Morgan fingerprint density at radius 2 is 2.05 bits per heavy atom. The summed E-state index contributed by atoms with van der Waals surface area (Å²) in [7, 11) is 5.32. The summed E-state index contributed by atoms with van der Waals surface area (Å²) in [5, 5.41) is 10.5. The smallest absolute Gasteiger partial charge is 0.328 e. The molecule has 0 radical (unpaired) electrons. The first-order chi connectivity index (χ1) is 8.90. The number of thiophene rings is 1. The molecule has 0 saturated heterocycles. The van der Waals surface area contributed by atoms with E-state index in [0.29, 0.717) is 13.1 Å². The van der Waals surface area contributed by atoms with E-state index in [9.17, 15) is 9.59 Å². The minimum atomic E-state index is -0.965. The summed E-state index contributed by atoms with van der Waals surface area (Å²) < 4.78 is 0. The van der Waals surface area contributed by atoms with E-state index < -0.39 is 5.97 Å². The largest absolute Gasteiger partial charge is 0.478 e. The van der Waals surface area contributed by atoms with Gasteiger partial charge in [-0.15, -0.1) is 11.3 Å². The van der Waals surface area contributed by atoms with Crippen LogP contribution in [0.4, 0.5) is 0 Å². The first-order valence-electron chi connectivity index (χ1n) is 5.76. The topological polar surface area (TPSA) is 60.9 Å². The van der Waals surface area contributed by atoms with E-state index in [4.69, 9.17) is 5.11 Å². The summed E-state index contributed by atoms with van der Waals surface area (Å²) in [4.78, 5) is 26.6. The minimum Gasteiger partial charge on any atom is -0.478 e. The molecule has 0 aromatic carbocycles. The maximum Gasteiger partial charge on any atom is 0.328 e. The average Bonchev–Trinajstić information content (AvgIpc) is 2.73. The lowest BCUT2D eigenvalue weighted by atomic mass is 10.2. The number of likely N-dealkylation sites (N-methyl/N-ethyl adjacent to an activating group) is 2. The molecule has 5 nitrogen and oxygen atoms in total. The summed E-state index contributed by atoms with van der Waals surface area (Å²) in [6, 6.07) is 1.88. The summed E-state index contributed by atoms with van der Waals surface area (Å²) >= 11 is 1.55. The number of hydrogen-bond acceptors (Lipinski definition) is 4. The molecule has 19 heavy (non-hydrogen) atoms. The van der Waals surface area contributed by atoms with Crippen LogP contribution in [0.2, 0.25) is 0 Å². The summed E-state index contributed by atoms with van der Waals surface area (Å²) in [5.74, 6) is -0.921. The van der Waals surface area contributed by atoms with Gasteiger partial charge < -0.3 is 10.0 Å². The van der Waals surface area contributed by atoms with Crippen LogP contribution in [-0.4, -0.2) is 54.5 Å². The maximum atomic E-state index is 11.6. The van der Waals surface area contributed by atoms with Crippen molar-refractivity contribution in [1.29, 1.82) is 0 Å². The highest BCUT2D eigenvalue weighted by Crippen LogP contribution is 2.19. The van der Waals surface area contributed by atoms with Gasteiger partial charge in [-0.25, -0.2) is 4.79 Å². The number of nitrogens with zero attached hydrogens (tertiary/aromatic N) is 2. The van der Waals surface area contributed by atoms with E-state index in [-0.39, 0.29) is 5.91 Å². The highest BCUT2D eigenvalue weighted by molar-refractivity contribution is 7.10. The first-order valence-corrected chi connectivity index (χ1v) is 6.64.